The van der Waals surface area contributed by atoms with Crippen molar-refractivity contribution in [1.29, 1.82) is 0 Å². The zero-order chi connectivity index (χ0) is 29.6. The monoisotopic (exact) mass is 570 g/mol. The average Bonchev–Trinajstić information content (AvgIpc) is 3.86. The lowest BCUT2D eigenvalue weighted by molar-refractivity contribution is 0.452. The summed E-state index contributed by atoms with van der Waals surface area (Å²) in [5.41, 5.74) is 11.9. The highest BCUT2D eigenvalue weighted by molar-refractivity contribution is 5.98. The van der Waals surface area contributed by atoms with Crippen molar-refractivity contribution < 1.29 is 10.2 Å². The van der Waals surface area contributed by atoms with E-state index in [-0.39, 0.29) is 11.5 Å². The summed E-state index contributed by atoms with van der Waals surface area (Å²) in [4.78, 5) is 17.4. The Labute approximate surface area is 253 Å². The fraction of sp³-hybridized carbons (Fsp3) is 0. The van der Waals surface area contributed by atoms with Crippen LogP contribution < -0.4 is 0 Å². The third-order valence-corrected chi connectivity index (χ3v) is 7.95. The van der Waals surface area contributed by atoms with Crippen molar-refractivity contribution in [3.8, 4) is 44.9 Å². The third-order valence-electron chi connectivity index (χ3n) is 7.95. The fourth-order valence-electron chi connectivity index (χ4n) is 5.97. The van der Waals surface area contributed by atoms with Crippen LogP contribution in [0.5, 0.6) is 11.5 Å². The van der Waals surface area contributed by atoms with Gasteiger partial charge in [0.1, 0.15) is 11.5 Å². The number of nitrogens with zero attached hydrogens (tertiary/aromatic N) is 2. The standard InChI is InChI=1S/C38H26N4O2/c43-27-13-14-28(35(44)22-27)38-33-19-17-31(41-33)36(23-7-3-1-4-8-23)29-15-11-25(39-29)21-26-12-16-30(40-26)37(24-9-5-2-6-10-24)32-18-20-34(38)42-32/h1-22,39,42-44H. The van der Waals surface area contributed by atoms with E-state index in [1.807, 2.05) is 78.9 Å². The van der Waals surface area contributed by atoms with Crippen molar-refractivity contribution in [2.24, 2.45) is 0 Å². The lowest BCUT2D eigenvalue weighted by atomic mass is 10.0. The van der Waals surface area contributed by atoms with Gasteiger partial charge in [0.15, 0.2) is 0 Å². The second kappa shape index (κ2) is 10.3. The van der Waals surface area contributed by atoms with Crippen LogP contribution in [-0.4, -0.2) is 30.1 Å². The van der Waals surface area contributed by atoms with Gasteiger partial charge in [0.05, 0.1) is 22.8 Å². The molecule has 4 N–H and O–H groups in total. The van der Waals surface area contributed by atoms with Crippen molar-refractivity contribution in [2.45, 2.75) is 0 Å². The summed E-state index contributed by atoms with van der Waals surface area (Å²) >= 11 is 0. The van der Waals surface area contributed by atoms with Crippen LogP contribution in [0.25, 0.3) is 79.8 Å². The molecule has 0 amide bonds. The molecule has 2 aliphatic heterocycles. The Hall–Kier alpha value is -6.14. The molecule has 6 heteroatoms. The van der Waals surface area contributed by atoms with Crippen LogP contribution in [0.2, 0.25) is 0 Å². The van der Waals surface area contributed by atoms with Crippen molar-refractivity contribution in [3.05, 3.63) is 132 Å². The lowest BCUT2D eigenvalue weighted by Crippen LogP contribution is -1.89. The van der Waals surface area contributed by atoms with E-state index in [4.69, 9.17) is 9.97 Å². The molecule has 0 unspecified atom stereocenters. The van der Waals surface area contributed by atoms with Crippen molar-refractivity contribution in [3.63, 3.8) is 0 Å². The molecule has 0 saturated heterocycles. The second-order valence-corrected chi connectivity index (χ2v) is 10.8. The Kier molecular flexibility index (Phi) is 5.98. The number of hydrogen-bond acceptors (Lipinski definition) is 4. The SMILES string of the molecule is Oc1ccc(-c2c3nc(c(-c4ccccc4)c4ccc(cc5nc(c(-c6ccccc6)c6ccc2[nH]6)C=C5)[nH]4)C=C3)c(O)c1. The zero-order valence-corrected chi connectivity index (χ0v) is 23.5. The molecule has 0 atom stereocenters. The summed E-state index contributed by atoms with van der Waals surface area (Å²) < 4.78 is 0. The van der Waals surface area contributed by atoms with Crippen LogP contribution in [0.1, 0.15) is 22.8 Å². The zero-order valence-electron chi connectivity index (χ0n) is 23.5. The number of fused-ring (bicyclic) bond motifs is 8. The Bertz CT molecular complexity index is 2260. The molecule has 5 heterocycles. The Balaban J connectivity index is 1.55. The van der Waals surface area contributed by atoms with Gasteiger partial charge in [0, 0.05) is 50.4 Å². The minimum Gasteiger partial charge on any atom is -0.508 e. The molecule has 8 bridgehead atoms. The first-order valence-corrected chi connectivity index (χ1v) is 14.4. The van der Waals surface area contributed by atoms with Crippen LogP contribution in [0.15, 0.2) is 109 Å². The Morgan fingerprint density at radius 1 is 0.477 bits per heavy atom. The Morgan fingerprint density at radius 2 is 1.05 bits per heavy atom. The van der Waals surface area contributed by atoms with E-state index < -0.39 is 0 Å². The highest BCUT2D eigenvalue weighted by atomic mass is 16.3. The largest absolute Gasteiger partial charge is 0.508 e. The minimum absolute atomic E-state index is 0.0137. The number of aromatic hydroxyl groups is 2. The van der Waals surface area contributed by atoms with Gasteiger partial charge < -0.3 is 20.2 Å². The van der Waals surface area contributed by atoms with Gasteiger partial charge in [-0.3, -0.25) is 0 Å². The summed E-state index contributed by atoms with van der Waals surface area (Å²) in [5.74, 6) is -0.0539. The van der Waals surface area contributed by atoms with E-state index in [1.165, 1.54) is 6.07 Å². The molecule has 0 spiro atoms. The number of benzene rings is 3. The van der Waals surface area contributed by atoms with Crippen molar-refractivity contribution in [2.75, 3.05) is 0 Å². The van der Waals surface area contributed by atoms with Gasteiger partial charge in [-0.15, -0.1) is 0 Å². The molecule has 8 rings (SSSR count). The Morgan fingerprint density at radius 3 is 1.73 bits per heavy atom. The van der Waals surface area contributed by atoms with Gasteiger partial charge in [-0.25, -0.2) is 9.97 Å². The molecule has 6 aromatic rings. The highest BCUT2D eigenvalue weighted by Crippen LogP contribution is 2.39. The van der Waals surface area contributed by atoms with Crippen LogP contribution in [0.4, 0.5) is 0 Å². The highest BCUT2D eigenvalue weighted by Gasteiger charge is 2.18. The molecular weight excluding hydrogens is 544 g/mol. The molecule has 0 fully saturated rings. The van der Waals surface area contributed by atoms with E-state index in [2.05, 4.69) is 46.4 Å². The van der Waals surface area contributed by atoms with Crippen molar-refractivity contribution in [1.82, 2.24) is 19.9 Å². The first-order chi connectivity index (χ1) is 21.6. The predicted octanol–water partition coefficient (Wildman–Crippen LogP) is 9.07. The first-order valence-electron chi connectivity index (χ1n) is 14.4. The maximum atomic E-state index is 11.1. The average molecular weight is 571 g/mol. The molecule has 210 valence electrons. The van der Waals surface area contributed by atoms with E-state index in [0.717, 1.165) is 61.4 Å². The summed E-state index contributed by atoms with van der Waals surface area (Å²) in [7, 11) is 0. The van der Waals surface area contributed by atoms with Gasteiger partial charge in [0.25, 0.3) is 0 Å². The first kappa shape index (κ1) is 25.6. The molecule has 44 heavy (non-hydrogen) atoms. The fourth-order valence-corrected chi connectivity index (χ4v) is 5.97. The lowest BCUT2D eigenvalue weighted by Gasteiger charge is -2.08. The molecule has 0 saturated carbocycles. The number of H-pyrrole nitrogens is 2. The topological polar surface area (TPSA) is 97.8 Å². The van der Waals surface area contributed by atoms with Crippen LogP contribution in [0.3, 0.4) is 0 Å². The molecule has 0 radical (unpaired) electrons. The summed E-state index contributed by atoms with van der Waals surface area (Å²) in [5, 5.41) is 21.2. The number of hydrogen-bond donors (Lipinski definition) is 4. The summed E-state index contributed by atoms with van der Waals surface area (Å²) in [6, 6.07) is 35.2. The second-order valence-electron chi connectivity index (χ2n) is 10.8. The van der Waals surface area contributed by atoms with Gasteiger partial charge in [-0.2, -0.15) is 0 Å². The normalized spacial score (nSPS) is 12.1. The predicted molar refractivity (Wildman–Crippen MR) is 178 cm³/mol. The maximum absolute atomic E-state index is 11.1. The number of aromatic amines is 2. The number of aromatic nitrogens is 4. The molecule has 3 aromatic carbocycles. The van der Waals surface area contributed by atoms with Gasteiger partial charge >= 0.3 is 0 Å². The van der Waals surface area contributed by atoms with Gasteiger partial charge in [0.2, 0.25) is 0 Å². The van der Waals surface area contributed by atoms with E-state index in [9.17, 15) is 10.2 Å². The van der Waals surface area contributed by atoms with Crippen LogP contribution in [-0.2, 0) is 0 Å². The smallest absolute Gasteiger partial charge is 0.127 e. The van der Waals surface area contributed by atoms with Crippen LogP contribution in [0, 0.1) is 0 Å². The number of rotatable bonds is 3. The molecular formula is C38H26N4O2. The van der Waals surface area contributed by atoms with E-state index in [0.29, 0.717) is 16.8 Å². The molecule has 0 aliphatic carbocycles. The molecule has 3 aromatic heterocycles. The maximum Gasteiger partial charge on any atom is 0.127 e. The van der Waals surface area contributed by atoms with Gasteiger partial charge in [-0.05, 0) is 77.9 Å². The number of phenols is 2. The third kappa shape index (κ3) is 4.46. The number of nitrogens with one attached hydrogen (secondary N) is 2. The summed E-state index contributed by atoms with van der Waals surface area (Å²) in [6.45, 7) is 0. The quantitative estimate of drug-likeness (QED) is 0.170. The minimum atomic E-state index is -0.0403. The van der Waals surface area contributed by atoms with E-state index in [1.54, 1.807) is 12.1 Å². The van der Waals surface area contributed by atoms with Crippen LogP contribution >= 0.6 is 0 Å². The number of phenolic OH excluding ortho intramolecular Hbond substituents is 2. The molecule has 2 aliphatic rings. The molecule has 6 nitrogen and oxygen atoms in total. The van der Waals surface area contributed by atoms with Gasteiger partial charge in [-0.1, -0.05) is 60.7 Å². The van der Waals surface area contributed by atoms with E-state index >= 15 is 0 Å². The van der Waals surface area contributed by atoms with Crippen molar-refractivity contribution >= 4 is 46.4 Å². The summed E-state index contributed by atoms with van der Waals surface area (Å²) in [6.07, 6.45) is 8.05.